The Balaban J connectivity index is 1.46. The molecule has 3 aromatic rings. The Morgan fingerprint density at radius 2 is 1.97 bits per heavy atom. The van der Waals surface area contributed by atoms with Crippen molar-refractivity contribution in [3.8, 4) is 5.88 Å². The van der Waals surface area contributed by atoms with E-state index in [1.165, 1.54) is 44.1 Å². The third kappa shape index (κ3) is 4.70. The van der Waals surface area contributed by atoms with Crippen LogP contribution in [0.5, 0.6) is 5.88 Å². The molecule has 0 atom stereocenters. The summed E-state index contributed by atoms with van der Waals surface area (Å²) in [4.78, 5) is 4.93. The third-order valence-corrected chi connectivity index (χ3v) is 6.90. The lowest BCUT2D eigenvalue weighted by molar-refractivity contribution is 0.392. The second kappa shape index (κ2) is 9.41. The number of aromatic nitrogens is 5. The van der Waals surface area contributed by atoms with E-state index in [1.807, 2.05) is 0 Å². The Morgan fingerprint density at radius 1 is 1.12 bits per heavy atom. The standard InChI is InChI=1S/C25H28ClN5O/c1-32-25-20(17-6-7-17)11-12-23(27-25)21(14-16-4-2-3-5-16)19-9-8-18(22(26)15-19)10-13-24-28-30-31-29-24/h8-9,11-12,14-17H,2-7,10,13H2,1H3,(H,28,29,30,31)/b21-14+. The van der Waals surface area contributed by atoms with Crippen molar-refractivity contribution in [3.63, 3.8) is 0 Å². The molecule has 0 bridgehead atoms. The highest BCUT2D eigenvalue weighted by Gasteiger charge is 2.28. The predicted molar refractivity (Wildman–Crippen MR) is 125 cm³/mol. The summed E-state index contributed by atoms with van der Waals surface area (Å²) < 4.78 is 5.67. The summed E-state index contributed by atoms with van der Waals surface area (Å²) in [6.07, 6.45) is 11.4. The number of methoxy groups -OCH3 is 1. The number of hydrogen-bond donors (Lipinski definition) is 1. The van der Waals surface area contributed by atoms with Gasteiger partial charge >= 0.3 is 0 Å². The number of ether oxygens (including phenoxy) is 1. The molecule has 32 heavy (non-hydrogen) atoms. The van der Waals surface area contributed by atoms with Crippen molar-refractivity contribution in [2.45, 2.75) is 57.3 Å². The summed E-state index contributed by atoms with van der Waals surface area (Å²) >= 11 is 6.71. The molecule has 0 radical (unpaired) electrons. The van der Waals surface area contributed by atoms with Crippen LogP contribution in [0.25, 0.3) is 5.57 Å². The second-order valence-electron chi connectivity index (χ2n) is 8.83. The minimum atomic E-state index is 0.581. The zero-order chi connectivity index (χ0) is 21.9. The number of rotatable bonds is 8. The molecule has 6 nitrogen and oxygen atoms in total. The van der Waals surface area contributed by atoms with E-state index in [-0.39, 0.29) is 0 Å². The molecule has 166 valence electrons. The lowest BCUT2D eigenvalue weighted by Crippen LogP contribution is -2.01. The van der Waals surface area contributed by atoms with Gasteiger partial charge in [-0.25, -0.2) is 4.98 Å². The first-order valence-corrected chi connectivity index (χ1v) is 11.9. The molecular formula is C25H28ClN5O. The molecule has 5 rings (SSSR count). The van der Waals surface area contributed by atoms with Crippen LogP contribution < -0.4 is 4.74 Å². The first-order chi connectivity index (χ1) is 15.7. The van der Waals surface area contributed by atoms with Gasteiger partial charge in [0.05, 0.1) is 12.8 Å². The fourth-order valence-electron chi connectivity index (χ4n) is 4.61. The van der Waals surface area contributed by atoms with Crippen LogP contribution >= 0.6 is 11.6 Å². The van der Waals surface area contributed by atoms with E-state index in [4.69, 9.17) is 21.3 Å². The maximum atomic E-state index is 6.71. The second-order valence-corrected chi connectivity index (χ2v) is 9.24. The number of aryl methyl sites for hydroxylation is 2. The number of nitrogens with zero attached hydrogens (tertiary/aromatic N) is 4. The van der Waals surface area contributed by atoms with Gasteiger partial charge in [0, 0.05) is 22.6 Å². The zero-order valence-corrected chi connectivity index (χ0v) is 19.1. The van der Waals surface area contributed by atoms with Crippen molar-refractivity contribution in [2.75, 3.05) is 7.11 Å². The zero-order valence-electron chi connectivity index (χ0n) is 18.4. The molecule has 2 heterocycles. The van der Waals surface area contributed by atoms with Crippen LogP contribution in [-0.2, 0) is 12.8 Å². The van der Waals surface area contributed by atoms with Crippen LogP contribution in [0.15, 0.2) is 36.4 Å². The molecule has 0 spiro atoms. The van der Waals surface area contributed by atoms with E-state index in [1.54, 1.807) is 7.11 Å². The molecule has 2 fully saturated rings. The van der Waals surface area contributed by atoms with E-state index in [0.29, 0.717) is 24.1 Å². The van der Waals surface area contributed by atoms with Crippen molar-refractivity contribution in [1.29, 1.82) is 0 Å². The van der Waals surface area contributed by atoms with Crippen LogP contribution in [0, 0.1) is 5.92 Å². The van der Waals surface area contributed by atoms with Gasteiger partial charge in [-0.3, -0.25) is 0 Å². The summed E-state index contributed by atoms with van der Waals surface area (Å²) in [5, 5.41) is 14.9. The minimum absolute atomic E-state index is 0.581. The number of tetrazole rings is 1. The molecule has 1 aromatic carbocycles. The number of nitrogens with one attached hydrogen (secondary N) is 1. The van der Waals surface area contributed by atoms with E-state index in [0.717, 1.165) is 39.7 Å². The molecular weight excluding hydrogens is 422 g/mol. The predicted octanol–water partition coefficient (Wildman–Crippen LogP) is 5.54. The van der Waals surface area contributed by atoms with Crippen LogP contribution in [0.2, 0.25) is 5.02 Å². The number of halogens is 1. The largest absolute Gasteiger partial charge is 0.481 e. The van der Waals surface area contributed by atoms with Gasteiger partial charge in [0.15, 0.2) is 5.82 Å². The number of H-pyrrole nitrogens is 1. The topological polar surface area (TPSA) is 76.6 Å². The molecule has 1 N–H and O–H groups in total. The smallest absolute Gasteiger partial charge is 0.217 e. The van der Waals surface area contributed by atoms with E-state index in [2.05, 4.69) is 57.0 Å². The molecule has 2 aromatic heterocycles. The molecule has 0 saturated heterocycles. The average Bonchev–Trinajstić information content (AvgIpc) is 3.28. The number of pyridine rings is 1. The number of allylic oxidation sites excluding steroid dienone is 1. The molecule has 0 aliphatic heterocycles. The fraction of sp³-hybridized carbons (Fsp3) is 0.440. The number of aromatic amines is 1. The normalized spacial score (nSPS) is 17.1. The maximum absolute atomic E-state index is 6.71. The summed E-state index contributed by atoms with van der Waals surface area (Å²) in [6, 6.07) is 10.7. The molecule has 2 saturated carbocycles. The lowest BCUT2D eigenvalue weighted by atomic mass is 9.94. The Hall–Kier alpha value is -2.73. The SMILES string of the molecule is COc1nc(/C(=C/C2CCCC2)c2ccc(CCc3nn[nH]n3)c(Cl)c2)ccc1C1CC1. The average molecular weight is 450 g/mol. The molecule has 0 amide bonds. The molecule has 2 aliphatic rings. The van der Waals surface area contributed by atoms with Crippen LogP contribution in [0.1, 0.15) is 72.7 Å². The van der Waals surface area contributed by atoms with Crippen LogP contribution in [0.3, 0.4) is 0 Å². The van der Waals surface area contributed by atoms with Crippen LogP contribution in [0.4, 0.5) is 0 Å². The van der Waals surface area contributed by atoms with Gasteiger partial charge in [-0.2, -0.15) is 5.21 Å². The Bertz CT molecular complexity index is 1100. The van der Waals surface area contributed by atoms with Gasteiger partial charge in [0.2, 0.25) is 5.88 Å². The van der Waals surface area contributed by atoms with Crippen molar-refractivity contribution in [3.05, 3.63) is 69.6 Å². The Morgan fingerprint density at radius 3 is 2.66 bits per heavy atom. The highest BCUT2D eigenvalue weighted by Crippen LogP contribution is 2.44. The van der Waals surface area contributed by atoms with Crippen LogP contribution in [-0.4, -0.2) is 32.7 Å². The quantitative estimate of drug-likeness (QED) is 0.488. The van der Waals surface area contributed by atoms with E-state index in [9.17, 15) is 0 Å². The van der Waals surface area contributed by atoms with Gasteiger partial charge in [-0.15, -0.1) is 10.2 Å². The van der Waals surface area contributed by atoms with Gasteiger partial charge in [-0.05, 0) is 67.2 Å². The van der Waals surface area contributed by atoms with Crippen molar-refractivity contribution >= 4 is 17.2 Å². The van der Waals surface area contributed by atoms with Crippen molar-refractivity contribution in [2.24, 2.45) is 5.92 Å². The first kappa shape index (κ1) is 21.1. The van der Waals surface area contributed by atoms with Gasteiger partial charge in [0.25, 0.3) is 0 Å². The summed E-state index contributed by atoms with van der Waals surface area (Å²) in [5.74, 6) is 2.63. The monoisotopic (exact) mass is 449 g/mol. The fourth-order valence-corrected chi connectivity index (χ4v) is 4.89. The first-order valence-electron chi connectivity index (χ1n) is 11.5. The molecule has 0 unspecified atom stereocenters. The van der Waals surface area contributed by atoms with Crippen molar-refractivity contribution in [1.82, 2.24) is 25.6 Å². The summed E-state index contributed by atoms with van der Waals surface area (Å²) in [5.41, 5.74) is 5.50. The Labute approximate surface area is 193 Å². The van der Waals surface area contributed by atoms with E-state index >= 15 is 0 Å². The van der Waals surface area contributed by atoms with E-state index < -0.39 is 0 Å². The molecule has 2 aliphatic carbocycles. The summed E-state index contributed by atoms with van der Waals surface area (Å²) in [6.45, 7) is 0. The van der Waals surface area contributed by atoms with Crippen molar-refractivity contribution < 1.29 is 4.74 Å². The van der Waals surface area contributed by atoms with Gasteiger partial charge < -0.3 is 4.74 Å². The Kier molecular flexibility index (Phi) is 6.21. The molecule has 7 heteroatoms. The number of benzene rings is 1. The lowest BCUT2D eigenvalue weighted by Gasteiger charge is -2.15. The summed E-state index contributed by atoms with van der Waals surface area (Å²) in [7, 11) is 1.72. The third-order valence-electron chi connectivity index (χ3n) is 6.55. The van der Waals surface area contributed by atoms with Gasteiger partial charge in [0.1, 0.15) is 0 Å². The number of hydrogen-bond acceptors (Lipinski definition) is 5. The maximum Gasteiger partial charge on any atom is 0.217 e. The van der Waals surface area contributed by atoms with Gasteiger partial charge in [-0.1, -0.05) is 53.9 Å². The highest BCUT2D eigenvalue weighted by atomic mass is 35.5. The minimum Gasteiger partial charge on any atom is -0.481 e. The highest BCUT2D eigenvalue weighted by molar-refractivity contribution is 6.31.